The third-order valence-corrected chi connectivity index (χ3v) is 13.3. The highest BCUT2D eigenvalue weighted by atomic mass is 35.5. The fourth-order valence-corrected chi connectivity index (χ4v) is 10.4. The number of rotatable bonds is 6. The molecule has 6 fully saturated rings. The van der Waals surface area contributed by atoms with Gasteiger partial charge in [0.15, 0.2) is 0 Å². The molecule has 2 aromatic rings. The third-order valence-electron chi connectivity index (χ3n) is 12.8. The minimum Gasteiger partial charge on any atom is -0.444 e. The number of nitrogens with one attached hydrogen (secondary N) is 1. The molecule has 1 N–H and O–H groups in total. The molecule has 4 atom stereocenters. The highest BCUT2D eigenvalue weighted by Gasteiger charge is 2.41. The standard InChI is InChI=1S/C24H36ClN3O2.C19H28ClN3/c1-24(2,3)30-23(29)26-13-10-20(11-14-26)28-17-21-5-4-12-27(21)16-22(28)15-18-6-8-19(25)9-7-18;20-16-5-3-15(4-6-16)12-19-13-22-11-1-2-18(22)14-23(19)17-7-9-21-10-8-17/h6-9,20-22H,4-5,10-17H2,1-3H3;3-6,17-19,21H,1-2,7-14H2/t21-,22?;18-,19?/m00/s1. The maximum Gasteiger partial charge on any atom is 0.410 e. The second-order valence-electron chi connectivity index (χ2n) is 17.6. The van der Waals surface area contributed by atoms with E-state index in [0.29, 0.717) is 24.2 Å². The van der Waals surface area contributed by atoms with Crippen LogP contribution in [0, 0.1) is 0 Å². The van der Waals surface area contributed by atoms with Gasteiger partial charge >= 0.3 is 6.09 Å². The summed E-state index contributed by atoms with van der Waals surface area (Å²) in [7, 11) is 0. The number of hydrogen-bond donors (Lipinski definition) is 1. The molecule has 8 nitrogen and oxygen atoms in total. The third kappa shape index (κ3) is 10.5. The molecule has 292 valence electrons. The van der Waals surface area contributed by atoms with Gasteiger partial charge in [0.1, 0.15) is 5.60 Å². The summed E-state index contributed by atoms with van der Waals surface area (Å²) in [6, 6.07) is 20.8. The van der Waals surface area contributed by atoms with Gasteiger partial charge in [-0.2, -0.15) is 0 Å². The first kappa shape index (κ1) is 39.3. The number of hydrogen-bond acceptors (Lipinski definition) is 7. The number of piperazine rings is 2. The second kappa shape index (κ2) is 17.9. The van der Waals surface area contributed by atoms with Crippen LogP contribution in [0.5, 0.6) is 0 Å². The van der Waals surface area contributed by atoms with Gasteiger partial charge in [0.05, 0.1) is 0 Å². The van der Waals surface area contributed by atoms with Crippen LogP contribution in [0.2, 0.25) is 10.0 Å². The van der Waals surface area contributed by atoms with Crippen molar-refractivity contribution < 1.29 is 9.53 Å². The number of benzene rings is 2. The lowest BCUT2D eigenvalue weighted by Crippen LogP contribution is -2.61. The minimum absolute atomic E-state index is 0.167. The van der Waals surface area contributed by atoms with E-state index in [4.69, 9.17) is 27.9 Å². The number of ether oxygens (including phenoxy) is 1. The van der Waals surface area contributed by atoms with Gasteiger partial charge in [-0.1, -0.05) is 47.5 Å². The predicted molar refractivity (Wildman–Crippen MR) is 217 cm³/mol. The normalized spacial score (nSPS) is 28.3. The Labute approximate surface area is 329 Å². The Bertz CT molecular complexity index is 1460. The topological polar surface area (TPSA) is 54.5 Å². The molecule has 0 saturated carbocycles. The highest BCUT2D eigenvalue weighted by Crippen LogP contribution is 2.32. The van der Waals surface area contributed by atoms with Gasteiger partial charge in [0, 0.05) is 85.6 Å². The zero-order chi connectivity index (χ0) is 37.0. The van der Waals surface area contributed by atoms with Crippen LogP contribution in [-0.2, 0) is 17.6 Å². The van der Waals surface area contributed by atoms with Gasteiger partial charge < -0.3 is 15.0 Å². The predicted octanol–water partition coefficient (Wildman–Crippen LogP) is 7.21. The summed E-state index contributed by atoms with van der Waals surface area (Å²) in [5.41, 5.74) is 2.35. The molecule has 8 rings (SSSR count). The van der Waals surface area contributed by atoms with Crippen LogP contribution in [0.4, 0.5) is 4.79 Å². The van der Waals surface area contributed by atoms with E-state index < -0.39 is 5.60 Å². The number of carbonyl (C=O) groups is 1. The number of likely N-dealkylation sites (tertiary alicyclic amines) is 1. The first-order valence-electron chi connectivity index (χ1n) is 20.7. The molecule has 6 aliphatic heterocycles. The van der Waals surface area contributed by atoms with Crippen LogP contribution in [-0.4, -0.2) is 138 Å². The number of nitrogens with zero attached hydrogens (tertiary/aromatic N) is 5. The van der Waals surface area contributed by atoms with Crippen LogP contribution in [0.3, 0.4) is 0 Å². The molecule has 10 heteroatoms. The molecule has 6 saturated heterocycles. The van der Waals surface area contributed by atoms with Gasteiger partial charge in [-0.25, -0.2) is 4.79 Å². The van der Waals surface area contributed by atoms with E-state index >= 15 is 0 Å². The van der Waals surface area contributed by atoms with Crippen molar-refractivity contribution in [3.63, 3.8) is 0 Å². The van der Waals surface area contributed by atoms with Crippen molar-refractivity contribution in [2.24, 2.45) is 0 Å². The van der Waals surface area contributed by atoms with E-state index in [0.717, 1.165) is 74.0 Å². The molecule has 6 aliphatic rings. The van der Waals surface area contributed by atoms with Crippen LogP contribution < -0.4 is 5.32 Å². The Morgan fingerprint density at radius 2 is 1.09 bits per heavy atom. The number of piperidine rings is 2. The molecule has 2 unspecified atom stereocenters. The molecular formula is C43H64Cl2N6O2. The fraction of sp³-hybridized carbons (Fsp3) is 0.698. The summed E-state index contributed by atoms with van der Waals surface area (Å²) in [4.78, 5) is 25.4. The second-order valence-corrected chi connectivity index (χ2v) is 18.5. The van der Waals surface area contributed by atoms with E-state index in [-0.39, 0.29) is 6.09 Å². The Hall–Kier alpha value is -1.91. The average molecular weight is 768 g/mol. The van der Waals surface area contributed by atoms with Crippen LogP contribution in [0.25, 0.3) is 0 Å². The maximum atomic E-state index is 12.5. The van der Waals surface area contributed by atoms with E-state index in [1.807, 2.05) is 49.9 Å². The van der Waals surface area contributed by atoms with Crippen molar-refractivity contribution in [2.45, 2.75) is 127 Å². The highest BCUT2D eigenvalue weighted by molar-refractivity contribution is 6.30. The zero-order valence-electron chi connectivity index (χ0n) is 32.5. The van der Waals surface area contributed by atoms with Crippen molar-refractivity contribution >= 4 is 29.3 Å². The number of halogens is 2. The van der Waals surface area contributed by atoms with E-state index in [1.54, 1.807) is 0 Å². The monoisotopic (exact) mass is 766 g/mol. The average Bonchev–Trinajstić information content (AvgIpc) is 3.82. The summed E-state index contributed by atoms with van der Waals surface area (Å²) in [6.07, 6.45) is 12.2. The minimum atomic E-state index is -0.434. The molecule has 53 heavy (non-hydrogen) atoms. The smallest absolute Gasteiger partial charge is 0.410 e. The number of fused-ring (bicyclic) bond motifs is 2. The van der Waals surface area contributed by atoms with Gasteiger partial charge in [-0.3, -0.25) is 19.6 Å². The van der Waals surface area contributed by atoms with Crippen LogP contribution in [0.1, 0.15) is 83.3 Å². The van der Waals surface area contributed by atoms with Gasteiger partial charge in [-0.15, -0.1) is 0 Å². The SMILES string of the molecule is CC(C)(C)OC(=O)N1CCC(N2C[C@@H]3CCCN3CC2Cc2ccc(Cl)cc2)CC1.Clc1ccc(CC2CN3CCC[C@H]3CN2C2CCNCC2)cc1. The molecule has 1 amide bonds. The van der Waals surface area contributed by atoms with Gasteiger partial charge in [0.25, 0.3) is 0 Å². The van der Waals surface area contributed by atoms with Gasteiger partial charge in [0.2, 0.25) is 0 Å². The molecule has 0 aromatic heterocycles. The number of amides is 1. The van der Waals surface area contributed by atoms with Gasteiger partial charge in [-0.05, 0) is 147 Å². The summed E-state index contributed by atoms with van der Waals surface area (Å²) >= 11 is 12.1. The fourth-order valence-electron chi connectivity index (χ4n) is 10.1. The zero-order valence-corrected chi connectivity index (χ0v) is 34.0. The quantitative estimate of drug-likeness (QED) is 0.334. The Morgan fingerprint density at radius 1 is 0.642 bits per heavy atom. The van der Waals surface area contributed by atoms with Crippen molar-refractivity contribution in [2.75, 3.05) is 65.4 Å². The van der Waals surface area contributed by atoms with Crippen molar-refractivity contribution in [1.29, 1.82) is 0 Å². The molecule has 0 spiro atoms. The largest absolute Gasteiger partial charge is 0.444 e. The lowest BCUT2D eigenvalue weighted by molar-refractivity contribution is -0.0119. The lowest BCUT2D eigenvalue weighted by atomic mass is 9.94. The molecular weight excluding hydrogens is 703 g/mol. The lowest BCUT2D eigenvalue weighted by Gasteiger charge is -2.49. The molecule has 0 bridgehead atoms. The molecule has 2 aromatic carbocycles. The van der Waals surface area contributed by atoms with Crippen molar-refractivity contribution in [3.8, 4) is 0 Å². The first-order chi connectivity index (χ1) is 25.6. The number of carbonyl (C=O) groups excluding carboxylic acids is 1. The van der Waals surface area contributed by atoms with Crippen molar-refractivity contribution in [3.05, 3.63) is 69.7 Å². The molecule has 0 aliphatic carbocycles. The van der Waals surface area contributed by atoms with Crippen LogP contribution in [0.15, 0.2) is 48.5 Å². The molecule has 0 radical (unpaired) electrons. The summed E-state index contributed by atoms with van der Waals surface area (Å²) in [5.74, 6) is 0. The Morgan fingerprint density at radius 3 is 1.55 bits per heavy atom. The van der Waals surface area contributed by atoms with Crippen LogP contribution >= 0.6 is 23.2 Å². The Kier molecular flexibility index (Phi) is 13.3. The van der Waals surface area contributed by atoms with E-state index in [1.165, 1.54) is 88.9 Å². The summed E-state index contributed by atoms with van der Waals surface area (Å²) in [5, 5.41) is 5.16. The summed E-state index contributed by atoms with van der Waals surface area (Å²) in [6.45, 7) is 17.1. The van der Waals surface area contributed by atoms with E-state index in [2.05, 4.69) is 49.2 Å². The first-order valence-corrected chi connectivity index (χ1v) is 21.5. The summed E-state index contributed by atoms with van der Waals surface area (Å²) < 4.78 is 5.58. The Balaban J connectivity index is 0.000000170. The van der Waals surface area contributed by atoms with E-state index in [9.17, 15) is 4.79 Å². The maximum absolute atomic E-state index is 12.5. The van der Waals surface area contributed by atoms with Crippen molar-refractivity contribution in [1.82, 2.24) is 29.8 Å². The molecule has 6 heterocycles.